The van der Waals surface area contributed by atoms with Gasteiger partial charge in [-0.25, -0.2) is 16.8 Å². The topological polar surface area (TPSA) is 104 Å². The molecule has 8 nitrogen and oxygen atoms in total. The third-order valence-electron chi connectivity index (χ3n) is 6.08. The van der Waals surface area contributed by atoms with Gasteiger partial charge in [0.15, 0.2) is 0 Å². The molecule has 1 aliphatic heterocycles. The summed E-state index contributed by atoms with van der Waals surface area (Å²) in [5.74, 6) is -0.388. The van der Waals surface area contributed by atoms with Crippen molar-refractivity contribution in [1.82, 2.24) is 4.31 Å². The summed E-state index contributed by atoms with van der Waals surface area (Å²) >= 11 is 0. The zero-order chi connectivity index (χ0) is 25.9. The molecule has 10 heteroatoms. The zero-order valence-electron chi connectivity index (χ0n) is 20.2. The van der Waals surface area contributed by atoms with Crippen molar-refractivity contribution in [2.45, 2.75) is 31.2 Å². The highest BCUT2D eigenvalue weighted by Crippen LogP contribution is 2.24. The first-order valence-corrected chi connectivity index (χ1v) is 14.9. The number of benzene rings is 3. The molecule has 1 N–H and O–H groups in total. The molecule has 0 aliphatic carbocycles. The van der Waals surface area contributed by atoms with Gasteiger partial charge in [-0.1, -0.05) is 29.8 Å². The lowest BCUT2D eigenvalue weighted by Crippen LogP contribution is -2.29. The van der Waals surface area contributed by atoms with E-state index in [0.29, 0.717) is 30.0 Å². The first-order chi connectivity index (χ1) is 17.0. The van der Waals surface area contributed by atoms with Crippen LogP contribution in [0.15, 0.2) is 77.7 Å². The Hall–Kier alpha value is -3.21. The van der Waals surface area contributed by atoms with Crippen molar-refractivity contribution in [1.29, 1.82) is 0 Å². The minimum absolute atomic E-state index is 0.178. The van der Waals surface area contributed by atoms with Crippen LogP contribution in [0.2, 0.25) is 0 Å². The molecule has 0 aromatic heterocycles. The maximum atomic E-state index is 12.7. The van der Waals surface area contributed by atoms with Crippen molar-refractivity contribution in [2.24, 2.45) is 0 Å². The summed E-state index contributed by atoms with van der Waals surface area (Å²) in [6.45, 7) is 3.20. The van der Waals surface area contributed by atoms with Crippen LogP contribution in [-0.2, 0) is 26.6 Å². The number of carbonyl (C=O) groups excluding carboxylic acids is 1. The van der Waals surface area contributed by atoms with E-state index in [-0.39, 0.29) is 17.3 Å². The highest BCUT2D eigenvalue weighted by Gasteiger charge is 2.27. The van der Waals surface area contributed by atoms with Crippen LogP contribution in [0.25, 0.3) is 0 Å². The van der Waals surface area contributed by atoms with E-state index >= 15 is 0 Å². The van der Waals surface area contributed by atoms with E-state index in [0.717, 1.165) is 30.2 Å². The number of carbonyl (C=O) groups is 1. The third kappa shape index (κ3) is 5.95. The van der Waals surface area contributed by atoms with Gasteiger partial charge in [0, 0.05) is 24.3 Å². The third-order valence-corrected chi connectivity index (χ3v) is 9.13. The Morgan fingerprint density at radius 3 is 2.00 bits per heavy atom. The molecule has 1 amide bonds. The van der Waals surface area contributed by atoms with Crippen molar-refractivity contribution in [3.8, 4) is 0 Å². The van der Waals surface area contributed by atoms with E-state index in [9.17, 15) is 21.6 Å². The number of sulfonamides is 2. The summed E-state index contributed by atoms with van der Waals surface area (Å²) in [6.07, 6.45) is 2.87. The van der Waals surface area contributed by atoms with E-state index in [1.807, 2.05) is 31.2 Å². The molecule has 1 fully saturated rings. The quantitative estimate of drug-likeness (QED) is 0.477. The molecule has 0 radical (unpaired) electrons. The largest absolute Gasteiger partial charge is 0.322 e. The van der Waals surface area contributed by atoms with Crippen LogP contribution in [0, 0.1) is 6.92 Å². The number of hydrogen-bond donors (Lipinski definition) is 1. The Morgan fingerprint density at radius 2 is 1.44 bits per heavy atom. The number of hydrogen-bond acceptors (Lipinski definition) is 5. The minimum Gasteiger partial charge on any atom is -0.322 e. The van der Waals surface area contributed by atoms with E-state index in [1.54, 1.807) is 36.4 Å². The lowest BCUT2D eigenvalue weighted by molar-refractivity contribution is 0.102. The van der Waals surface area contributed by atoms with E-state index in [2.05, 4.69) is 5.32 Å². The highest BCUT2D eigenvalue weighted by atomic mass is 32.2. The van der Waals surface area contributed by atoms with Crippen molar-refractivity contribution >= 4 is 37.3 Å². The first-order valence-electron chi connectivity index (χ1n) is 11.6. The standard InChI is InChI=1S/C26H29N3O5S2/c1-20-5-7-21(8-6-20)19-29(35(2,31)32)24-13-9-22(10-14-24)26(30)27-23-11-15-25(16-12-23)36(33,34)28-17-3-4-18-28/h5-16H,3-4,17-19H2,1-2H3,(H,27,30). The monoisotopic (exact) mass is 527 g/mol. The summed E-state index contributed by atoms with van der Waals surface area (Å²) in [7, 11) is -7.07. The van der Waals surface area contributed by atoms with Gasteiger partial charge in [0.25, 0.3) is 5.91 Å². The molecule has 0 bridgehead atoms. The van der Waals surface area contributed by atoms with Crippen LogP contribution in [0.3, 0.4) is 0 Å². The van der Waals surface area contributed by atoms with Crippen molar-refractivity contribution < 1.29 is 21.6 Å². The lowest BCUT2D eigenvalue weighted by atomic mass is 10.1. The molecule has 0 unspecified atom stereocenters. The molecule has 3 aromatic rings. The average Bonchev–Trinajstić information content (AvgIpc) is 3.40. The predicted molar refractivity (Wildman–Crippen MR) is 141 cm³/mol. The number of anilines is 2. The van der Waals surface area contributed by atoms with Crippen LogP contribution >= 0.6 is 0 Å². The summed E-state index contributed by atoms with van der Waals surface area (Å²) in [5.41, 5.74) is 3.19. The van der Waals surface area contributed by atoms with Gasteiger partial charge < -0.3 is 5.32 Å². The van der Waals surface area contributed by atoms with Crippen molar-refractivity contribution in [2.75, 3.05) is 29.0 Å². The van der Waals surface area contributed by atoms with Crippen molar-refractivity contribution in [3.63, 3.8) is 0 Å². The number of rotatable bonds is 8. The van der Waals surface area contributed by atoms with E-state index < -0.39 is 20.0 Å². The summed E-state index contributed by atoms with van der Waals surface area (Å²) in [5, 5.41) is 2.75. The van der Waals surface area contributed by atoms with E-state index in [1.165, 1.54) is 20.7 Å². The van der Waals surface area contributed by atoms with Gasteiger partial charge in [-0.05, 0) is 73.9 Å². The fraction of sp³-hybridized carbons (Fsp3) is 0.269. The molecule has 1 saturated heterocycles. The molecule has 0 saturated carbocycles. The Bertz CT molecular complexity index is 1430. The summed E-state index contributed by atoms with van der Waals surface area (Å²) in [4.78, 5) is 12.9. The Labute approximate surface area is 212 Å². The Morgan fingerprint density at radius 1 is 0.861 bits per heavy atom. The summed E-state index contributed by atoms with van der Waals surface area (Å²) in [6, 6.07) is 20.0. The second-order valence-electron chi connectivity index (χ2n) is 8.89. The molecule has 3 aromatic carbocycles. The molecule has 190 valence electrons. The van der Waals surface area contributed by atoms with Gasteiger partial charge in [-0.2, -0.15) is 4.31 Å². The van der Waals surface area contributed by atoms with Gasteiger partial charge in [-0.3, -0.25) is 9.10 Å². The van der Waals surface area contributed by atoms with Gasteiger partial charge in [0.05, 0.1) is 23.4 Å². The molecule has 1 heterocycles. The second-order valence-corrected chi connectivity index (χ2v) is 12.7. The maximum Gasteiger partial charge on any atom is 0.255 e. The molecule has 4 rings (SSSR count). The molecular weight excluding hydrogens is 498 g/mol. The van der Waals surface area contributed by atoms with Gasteiger partial charge in [0.1, 0.15) is 0 Å². The van der Waals surface area contributed by atoms with Crippen molar-refractivity contribution in [3.05, 3.63) is 89.5 Å². The van der Waals surface area contributed by atoms with Gasteiger partial charge in [0.2, 0.25) is 20.0 Å². The maximum absolute atomic E-state index is 12.7. The Balaban J connectivity index is 1.46. The SMILES string of the molecule is Cc1ccc(CN(c2ccc(C(=O)Nc3ccc(S(=O)(=O)N4CCCC4)cc3)cc2)S(C)(=O)=O)cc1. The molecule has 0 spiro atoms. The molecule has 1 aliphatic rings. The fourth-order valence-corrected chi connectivity index (χ4v) is 6.43. The number of nitrogens with one attached hydrogen (secondary N) is 1. The molecular formula is C26H29N3O5S2. The Kier molecular flexibility index (Phi) is 7.49. The number of amides is 1. The van der Waals surface area contributed by atoms with Gasteiger partial charge in [-0.15, -0.1) is 0 Å². The normalized spacial score (nSPS) is 14.5. The van der Waals surface area contributed by atoms with Crippen LogP contribution in [0.4, 0.5) is 11.4 Å². The smallest absolute Gasteiger partial charge is 0.255 e. The zero-order valence-corrected chi connectivity index (χ0v) is 21.8. The second kappa shape index (κ2) is 10.4. The highest BCUT2D eigenvalue weighted by molar-refractivity contribution is 7.92. The van der Waals surface area contributed by atoms with Crippen LogP contribution < -0.4 is 9.62 Å². The molecule has 36 heavy (non-hydrogen) atoms. The first kappa shape index (κ1) is 25.9. The van der Waals surface area contributed by atoms with Crippen LogP contribution in [0.5, 0.6) is 0 Å². The molecule has 0 atom stereocenters. The summed E-state index contributed by atoms with van der Waals surface area (Å²) < 4.78 is 53.0. The van der Waals surface area contributed by atoms with Gasteiger partial charge >= 0.3 is 0 Å². The number of aryl methyl sites for hydroxylation is 1. The minimum atomic E-state index is -3.55. The predicted octanol–water partition coefficient (Wildman–Crippen LogP) is 4.00. The lowest BCUT2D eigenvalue weighted by Gasteiger charge is -2.23. The number of nitrogens with zero attached hydrogens (tertiary/aromatic N) is 2. The average molecular weight is 528 g/mol. The van der Waals surface area contributed by atoms with E-state index in [4.69, 9.17) is 0 Å². The van der Waals surface area contributed by atoms with Crippen LogP contribution in [0.1, 0.15) is 34.3 Å². The van der Waals surface area contributed by atoms with Crippen LogP contribution in [-0.4, -0.2) is 46.4 Å². The fourth-order valence-electron chi connectivity index (χ4n) is 4.03.